The predicted molar refractivity (Wildman–Crippen MR) is 70.0 cm³/mol. The first-order chi connectivity index (χ1) is 7.64. The van der Waals surface area contributed by atoms with Crippen LogP contribution < -0.4 is 5.32 Å². The zero-order valence-corrected chi connectivity index (χ0v) is 11.4. The highest BCUT2D eigenvalue weighted by Crippen LogP contribution is 2.47. The first-order valence-corrected chi connectivity index (χ1v) is 7.18. The minimum Gasteiger partial charge on any atom is -0.313 e. The van der Waals surface area contributed by atoms with Crippen molar-refractivity contribution in [1.82, 2.24) is 10.3 Å². The van der Waals surface area contributed by atoms with E-state index in [-0.39, 0.29) is 0 Å². The van der Waals surface area contributed by atoms with Gasteiger partial charge in [-0.25, -0.2) is 4.98 Å². The van der Waals surface area contributed by atoms with Crippen molar-refractivity contribution < 1.29 is 0 Å². The van der Waals surface area contributed by atoms with Gasteiger partial charge in [0, 0.05) is 24.4 Å². The van der Waals surface area contributed by atoms with Crippen LogP contribution in [0.2, 0.25) is 0 Å². The molecule has 2 nitrogen and oxygen atoms in total. The summed E-state index contributed by atoms with van der Waals surface area (Å²) in [5, 5.41) is 7.09. The summed E-state index contributed by atoms with van der Waals surface area (Å²) in [5.41, 5.74) is 1.83. The molecule has 0 bridgehead atoms. The molecule has 0 aromatic carbocycles. The molecule has 1 atom stereocenters. The highest BCUT2D eigenvalue weighted by molar-refractivity contribution is 7.09. The smallest absolute Gasteiger partial charge is 0.0925 e. The zero-order valence-electron chi connectivity index (χ0n) is 10.5. The van der Waals surface area contributed by atoms with Crippen LogP contribution in [0.5, 0.6) is 0 Å². The molecule has 1 aliphatic carbocycles. The van der Waals surface area contributed by atoms with Gasteiger partial charge in [-0.1, -0.05) is 13.8 Å². The summed E-state index contributed by atoms with van der Waals surface area (Å²) in [6.07, 6.45) is 4.90. The molecule has 1 fully saturated rings. The standard InChI is InChI=1S/C13H22N2S/c1-4-12-15-11(9-16-12)5-8-14-10(2)13(3)6-7-13/h9-10,14H,4-8H2,1-3H3. The van der Waals surface area contributed by atoms with Crippen molar-refractivity contribution in [3.05, 3.63) is 16.1 Å². The molecule has 1 N–H and O–H groups in total. The second-order valence-corrected chi connectivity index (χ2v) is 6.11. The predicted octanol–water partition coefficient (Wildman–Crippen LogP) is 3.03. The summed E-state index contributed by atoms with van der Waals surface area (Å²) in [6, 6.07) is 0.650. The maximum absolute atomic E-state index is 4.58. The van der Waals surface area contributed by atoms with Crippen LogP contribution in [0.4, 0.5) is 0 Å². The van der Waals surface area contributed by atoms with Gasteiger partial charge in [-0.3, -0.25) is 0 Å². The number of nitrogens with zero attached hydrogens (tertiary/aromatic N) is 1. The minimum atomic E-state index is 0.580. The average molecular weight is 238 g/mol. The maximum atomic E-state index is 4.58. The van der Waals surface area contributed by atoms with Crippen LogP contribution in [-0.4, -0.2) is 17.6 Å². The molecule has 1 aliphatic rings. The number of nitrogens with one attached hydrogen (secondary N) is 1. The van der Waals surface area contributed by atoms with Gasteiger partial charge in [0.05, 0.1) is 10.7 Å². The number of hydrogen-bond acceptors (Lipinski definition) is 3. The molecule has 1 unspecified atom stereocenters. The number of rotatable bonds is 6. The molecule has 1 heterocycles. The highest BCUT2D eigenvalue weighted by atomic mass is 32.1. The number of aryl methyl sites for hydroxylation is 1. The Morgan fingerprint density at radius 3 is 2.88 bits per heavy atom. The Balaban J connectivity index is 1.71. The molecule has 90 valence electrons. The van der Waals surface area contributed by atoms with Gasteiger partial charge in [0.1, 0.15) is 0 Å². The number of thiazole rings is 1. The molecular formula is C13H22N2S. The van der Waals surface area contributed by atoms with Crippen LogP contribution in [0.15, 0.2) is 5.38 Å². The topological polar surface area (TPSA) is 24.9 Å². The molecule has 0 saturated heterocycles. The molecule has 0 amide bonds. The lowest BCUT2D eigenvalue weighted by Crippen LogP contribution is -2.34. The highest BCUT2D eigenvalue weighted by Gasteiger charge is 2.41. The Morgan fingerprint density at radius 2 is 2.31 bits per heavy atom. The van der Waals surface area contributed by atoms with E-state index in [2.05, 4.69) is 36.5 Å². The Kier molecular flexibility index (Phi) is 3.65. The monoisotopic (exact) mass is 238 g/mol. The summed E-state index contributed by atoms with van der Waals surface area (Å²) in [4.78, 5) is 4.58. The quantitative estimate of drug-likeness (QED) is 0.824. The molecule has 3 heteroatoms. The van der Waals surface area contributed by atoms with E-state index in [1.165, 1.54) is 23.5 Å². The average Bonchev–Trinajstić information content (AvgIpc) is 2.87. The third-order valence-corrected chi connectivity index (χ3v) is 4.86. The lowest BCUT2D eigenvalue weighted by atomic mass is 10.0. The summed E-state index contributed by atoms with van der Waals surface area (Å²) in [7, 11) is 0. The summed E-state index contributed by atoms with van der Waals surface area (Å²) in [5.74, 6) is 0. The van der Waals surface area contributed by atoms with Crippen LogP contribution in [-0.2, 0) is 12.8 Å². The lowest BCUT2D eigenvalue weighted by Gasteiger charge is -2.19. The van der Waals surface area contributed by atoms with Crippen molar-refractivity contribution in [3.63, 3.8) is 0 Å². The Morgan fingerprint density at radius 1 is 1.56 bits per heavy atom. The van der Waals surface area contributed by atoms with Crippen molar-refractivity contribution >= 4 is 11.3 Å². The molecule has 0 spiro atoms. The van der Waals surface area contributed by atoms with Crippen LogP contribution in [0, 0.1) is 5.41 Å². The second kappa shape index (κ2) is 4.84. The Bertz CT molecular complexity index is 341. The van der Waals surface area contributed by atoms with Crippen molar-refractivity contribution in [1.29, 1.82) is 0 Å². The van der Waals surface area contributed by atoms with Gasteiger partial charge in [0.25, 0.3) is 0 Å². The van der Waals surface area contributed by atoms with Crippen molar-refractivity contribution in [2.24, 2.45) is 5.41 Å². The maximum Gasteiger partial charge on any atom is 0.0925 e. The van der Waals surface area contributed by atoms with E-state index < -0.39 is 0 Å². The van der Waals surface area contributed by atoms with Crippen molar-refractivity contribution in [2.45, 2.75) is 52.5 Å². The van der Waals surface area contributed by atoms with Gasteiger partial charge in [0.15, 0.2) is 0 Å². The molecule has 2 rings (SSSR count). The summed E-state index contributed by atoms with van der Waals surface area (Å²) >= 11 is 1.79. The van der Waals surface area contributed by atoms with Crippen molar-refractivity contribution in [2.75, 3.05) is 6.54 Å². The van der Waals surface area contributed by atoms with Gasteiger partial charge < -0.3 is 5.32 Å². The van der Waals surface area contributed by atoms with Gasteiger partial charge in [-0.05, 0) is 31.6 Å². The summed E-state index contributed by atoms with van der Waals surface area (Å²) < 4.78 is 0. The minimum absolute atomic E-state index is 0.580. The van der Waals surface area contributed by atoms with Crippen LogP contribution in [0.3, 0.4) is 0 Å². The lowest BCUT2D eigenvalue weighted by molar-refractivity contribution is 0.383. The fourth-order valence-corrected chi connectivity index (χ4v) is 2.70. The van der Waals surface area contributed by atoms with Crippen LogP contribution >= 0.6 is 11.3 Å². The fourth-order valence-electron chi connectivity index (χ4n) is 1.92. The zero-order chi connectivity index (χ0) is 11.6. The van der Waals surface area contributed by atoms with E-state index in [9.17, 15) is 0 Å². The molecule has 0 radical (unpaired) electrons. The second-order valence-electron chi connectivity index (χ2n) is 5.17. The SMILES string of the molecule is CCc1nc(CCNC(C)C2(C)CC2)cs1. The molecule has 1 aromatic rings. The first kappa shape index (κ1) is 12.1. The largest absolute Gasteiger partial charge is 0.313 e. The van der Waals surface area contributed by atoms with Gasteiger partial charge in [-0.2, -0.15) is 0 Å². The normalized spacial score (nSPS) is 19.7. The van der Waals surface area contributed by atoms with Crippen molar-refractivity contribution in [3.8, 4) is 0 Å². The van der Waals surface area contributed by atoms with E-state index in [1.54, 1.807) is 11.3 Å². The van der Waals surface area contributed by atoms with Crippen LogP contribution in [0.1, 0.15) is 44.3 Å². The fraction of sp³-hybridized carbons (Fsp3) is 0.769. The van der Waals surface area contributed by atoms with Gasteiger partial charge in [0.2, 0.25) is 0 Å². The van der Waals surface area contributed by atoms with Crippen LogP contribution in [0.25, 0.3) is 0 Å². The molecule has 0 aliphatic heterocycles. The van der Waals surface area contributed by atoms with E-state index in [4.69, 9.17) is 0 Å². The van der Waals surface area contributed by atoms with E-state index >= 15 is 0 Å². The Hall–Kier alpha value is -0.410. The van der Waals surface area contributed by atoms with E-state index in [1.807, 2.05) is 0 Å². The van der Waals surface area contributed by atoms with Gasteiger partial charge in [-0.15, -0.1) is 11.3 Å². The third kappa shape index (κ3) is 2.83. The van der Waals surface area contributed by atoms with E-state index in [0.717, 1.165) is 19.4 Å². The summed E-state index contributed by atoms with van der Waals surface area (Å²) in [6.45, 7) is 7.91. The molecule has 16 heavy (non-hydrogen) atoms. The van der Waals surface area contributed by atoms with E-state index in [0.29, 0.717) is 11.5 Å². The van der Waals surface area contributed by atoms with Gasteiger partial charge >= 0.3 is 0 Å². The number of hydrogen-bond donors (Lipinski definition) is 1. The third-order valence-electron chi connectivity index (χ3n) is 3.82. The molecular weight excluding hydrogens is 216 g/mol. The first-order valence-electron chi connectivity index (χ1n) is 6.31. The number of aromatic nitrogens is 1. The Labute approximate surface area is 102 Å². The molecule has 1 aromatic heterocycles. The molecule has 1 saturated carbocycles.